The predicted molar refractivity (Wildman–Crippen MR) is 42.2 cm³/mol. The lowest BCUT2D eigenvalue weighted by molar-refractivity contribution is -0.141. The summed E-state index contributed by atoms with van der Waals surface area (Å²) in [5, 5.41) is 0. The molecule has 0 aromatic rings. The van der Waals surface area contributed by atoms with Crippen LogP contribution in [0.3, 0.4) is 0 Å². The van der Waals surface area contributed by atoms with Crippen molar-refractivity contribution in [3.8, 4) is 0 Å². The fourth-order valence-corrected chi connectivity index (χ4v) is 0.587. The maximum Gasteiger partial charge on any atom is 0.330 e. The number of esters is 1. The van der Waals surface area contributed by atoms with Gasteiger partial charge in [0, 0.05) is 13.2 Å². The largest absolute Gasteiger partial charge is 0.460 e. The summed E-state index contributed by atoms with van der Waals surface area (Å²) >= 11 is 0. The standard InChI is InChI=1S/C8H14O3/c1-4-7(10-3)6-11-8(9)5-2/h5,7H,2,4,6H2,1,3H3. The minimum atomic E-state index is -0.402. The Labute approximate surface area is 67.0 Å². The highest BCUT2D eigenvalue weighted by molar-refractivity contribution is 5.81. The van der Waals surface area contributed by atoms with Crippen LogP contribution >= 0.6 is 0 Å². The van der Waals surface area contributed by atoms with Gasteiger partial charge in [0.2, 0.25) is 0 Å². The van der Waals surface area contributed by atoms with Crippen LogP contribution in [0.1, 0.15) is 13.3 Å². The lowest BCUT2D eigenvalue weighted by Gasteiger charge is -2.11. The molecule has 0 amide bonds. The number of hydrogen-bond donors (Lipinski definition) is 0. The molecule has 3 heteroatoms. The number of ether oxygens (including phenoxy) is 2. The van der Waals surface area contributed by atoms with E-state index in [0.717, 1.165) is 12.5 Å². The van der Waals surface area contributed by atoms with Crippen molar-refractivity contribution in [1.29, 1.82) is 0 Å². The van der Waals surface area contributed by atoms with Crippen molar-refractivity contribution in [2.75, 3.05) is 13.7 Å². The van der Waals surface area contributed by atoms with Crippen LogP contribution in [0, 0.1) is 0 Å². The lowest BCUT2D eigenvalue weighted by atomic mass is 10.3. The van der Waals surface area contributed by atoms with Gasteiger partial charge in [-0.05, 0) is 6.42 Å². The van der Waals surface area contributed by atoms with Crippen molar-refractivity contribution < 1.29 is 14.3 Å². The van der Waals surface area contributed by atoms with Crippen LogP contribution < -0.4 is 0 Å². The van der Waals surface area contributed by atoms with Crippen molar-refractivity contribution in [2.45, 2.75) is 19.4 Å². The Balaban J connectivity index is 3.49. The van der Waals surface area contributed by atoms with Crippen molar-refractivity contribution in [1.82, 2.24) is 0 Å². The van der Waals surface area contributed by atoms with Gasteiger partial charge >= 0.3 is 5.97 Å². The molecule has 0 aliphatic heterocycles. The van der Waals surface area contributed by atoms with Crippen LogP contribution in [0.2, 0.25) is 0 Å². The molecule has 3 nitrogen and oxygen atoms in total. The molecule has 0 bridgehead atoms. The van der Waals surface area contributed by atoms with E-state index in [1.54, 1.807) is 7.11 Å². The summed E-state index contributed by atoms with van der Waals surface area (Å²) in [5.41, 5.74) is 0. The first kappa shape index (κ1) is 10.2. The third-order valence-corrected chi connectivity index (χ3v) is 1.37. The zero-order valence-electron chi connectivity index (χ0n) is 7.00. The molecule has 0 aliphatic rings. The summed E-state index contributed by atoms with van der Waals surface area (Å²) in [4.78, 5) is 10.6. The van der Waals surface area contributed by atoms with Crippen molar-refractivity contribution in [3.63, 3.8) is 0 Å². The monoisotopic (exact) mass is 158 g/mol. The molecule has 0 aromatic carbocycles. The van der Waals surface area contributed by atoms with Gasteiger partial charge in [-0.25, -0.2) is 4.79 Å². The Kier molecular flexibility index (Phi) is 5.47. The Morgan fingerprint density at radius 3 is 2.73 bits per heavy atom. The van der Waals surface area contributed by atoms with Crippen LogP contribution in [0.5, 0.6) is 0 Å². The topological polar surface area (TPSA) is 35.5 Å². The van der Waals surface area contributed by atoms with E-state index in [-0.39, 0.29) is 6.10 Å². The summed E-state index contributed by atoms with van der Waals surface area (Å²) in [5.74, 6) is -0.402. The minimum Gasteiger partial charge on any atom is -0.460 e. The Bertz CT molecular complexity index is 127. The van der Waals surface area contributed by atoms with Gasteiger partial charge in [0.1, 0.15) is 6.61 Å². The normalized spacial score (nSPS) is 12.2. The Morgan fingerprint density at radius 1 is 1.73 bits per heavy atom. The molecule has 0 saturated heterocycles. The first-order chi connectivity index (χ1) is 5.24. The van der Waals surface area contributed by atoms with E-state index in [1.165, 1.54) is 0 Å². The van der Waals surface area contributed by atoms with Gasteiger partial charge in [-0.3, -0.25) is 0 Å². The molecule has 0 heterocycles. The molecule has 0 aliphatic carbocycles. The molecule has 0 saturated carbocycles. The summed E-state index contributed by atoms with van der Waals surface area (Å²) in [6, 6.07) is 0. The Morgan fingerprint density at radius 2 is 2.36 bits per heavy atom. The molecule has 0 N–H and O–H groups in total. The van der Waals surface area contributed by atoms with Gasteiger partial charge < -0.3 is 9.47 Å². The second-order valence-electron chi connectivity index (χ2n) is 2.10. The molecular weight excluding hydrogens is 144 g/mol. The molecule has 1 unspecified atom stereocenters. The van der Waals surface area contributed by atoms with Crippen LogP contribution in [-0.2, 0) is 14.3 Å². The van der Waals surface area contributed by atoms with Crippen molar-refractivity contribution >= 4 is 5.97 Å². The lowest BCUT2D eigenvalue weighted by Crippen LogP contribution is -2.18. The number of carbonyl (C=O) groups excluding carboxylic acids is 1. The molecular formula is C8H14O3. The molecule has 1 atom stereocenters. The van der Waals surface area contributed by atoms with E-state index in [0.29, 0.717) is 6.61 Å². The van der Waals surface area contributed by atoms with Crippen LogP contribution in [0.4, 0.5) is 0 Å². The predicted octanol–water partition coefficient (Wildman–Crippen LogP) is 1.14. The SMILES string of the molecule is C=CC(=O)OCC(CC)OC. The highest BCUT2D eigenvalue weighted by Gasteiger charge is 2.05. The quantitative estimate of drug-likeness (QED) is 0.444. The van der Waals surface area contributed by atoms with Gasteiger partial charge in [-0.2, -0.15) is 0 Å². The fraction of sp³-hybridized carbons (Fsp3) is 0.625. The molecule has 0 radical (unpaired) electrons. The van der Waals surface area contributed by atoms with E-state index in [1.807, 2.05) is 6.92 Å². The highest BCUT2D eigenvalue weighted by Crippen LogP contribution is 1.96. The first-order valence-electron chi connectivity index (χ1n) is 3.56. The molecule has 0 aromatic heterocycles. The van der Waals surface area contributed by atoms with Gasteiger partial charge in [-0.1, -0.05) is 13.5 Å². The summed E-state index contributed by atoms with van der Waals surface area (Å²) < 4.78 is 9.74. The van der Waals surface area contributed by atoms with Gasteiger partial charge in [0.15, 0.2) is 0 Å². The molecule has 0 spiro atoms. The van der Waals surface area contributed by atoms with Crippen LogP contribution in [0.15, 0.2) is 12.7 Å². The van der Waals surface area contributed by atoms with E-state index in [2.05, 4.69) is 6.58 Å². The number of hydrogen-bond acceptors (Lipinski definition) is 3. The van der Waals surface area contributed by atoms with E-state index >= 15 is 0 Å². The summed E-state index contributed by atoms with van der Waals surface area (Å²) in [6.45, 7) is 5.55. The highest BCUT2D eigenvalue weighted by atomic mass is 16.6. The zero-order valence-corrected chi connectivity index (χ0v) is 7.00. The van der Waals surface area contributed by atoms with Gasteiger partial charge in [0.05, 0.1) is 6.10 Å². The average molecular weight is 158 g/mol. The van der Waals surface area contributed by atoms with E-state index < -0.39 is 5.97 Å². The third kappa shape index (κ3) is 4.56. The fourth-order valence-electron chi connectivity index (χ4n) is 0.587. The van der Waals surface area contributed by atoms with Crippen LogP contribution in [0.25, 0.3) is 0 Å². The minimum absolute atomic E-state index is 0.00102. The maximum absolute atomic E-state index is 10.6. The average Bonchev–Trinajstić information content (AvgIpc) is 2.06. The number of methoxy groups -OCH3 is 1. The molecule has 0 rings (SSSR count). The second kappa shape index (κ2) is 5.92. The first-order valence-corrected chi connectivity index (χ1v) is 3.56. The van der Waals surface area contributed by atoms with Crippen molar-refractivity contribution in [2.24, 2.45) is 0 Å². The Hall–Kier alpha value is -0.830. The number of rotatable bonds is 5. The molecule has 0 fully saturated rings. The maximum atomic E-state index is 10.6. The van der Waals surface area contributed by atoms with Crippen LogP contribution in [-0.4, -0.2) is 25.8 Å². The van der Waals surface area contributed by atoms with Gasteiger partial charge in [0.25, 0.3) is 0 Å². The second-order valence-corrected chi connectivity index (χ2v) is 2.10. The van der Waals surface area contributed by atoms with Crippen molar-refractivity contribution in [3.05, 3.63) is 12.7 Å². The van der Waals surface area contributed by atoms with Gasteiger partial charge in [-0.15, -0.1) is 0 Å². The van der Waals surface area contributed by atoms with E-state index in [4.69, 9.17) is 9.47 Å². The molecule has 64 valence electrons. The smallest absolute Gasteiger partial charge is 0.330 e. The zero-order chi connectivity index (χ0) is 8.69. The summed E-state index contributed by atoms with van der Waals surface area (Å²) in [6.07, 6.45) is 1.97. The summed E-state index contributed by atoms with van der Waals surface area (Å²) in [7, 11) is 1.59. The molecule has 11 heavy (non-hydrogen) atoms. The van der Waals surface area contributed by atoms with E-state index in [9.17, 15) is 4.79 Å². The number of carbonyl (C=O) groups is 1. The third-order valence-electron chi connectivity index (χ3n) is 1.37.